The molecule has 11 heteroatoms. The van der Waals surface area contributed by atoms with Crippen molar-refractivity contribution in [1.29, 1.82) is 0 Å². The molecule has 2 amide bonds. The number of benzene rings is 2. The van der Waals surface area contributed by atoms with Crippen LogP contribution in [-0.2, 0) is 4.79 Å². The van der Waals surface area contributed by atoms with Crippen LogP contribution < -0.4 is 20.9 Å². The lowest BCUT2D eigenvalue weighted by atomic mass is 10.2. The van der Waals surface area contributed by atoms with Crippen LogP contribution in [0, 0.1) is 18.7 Å². The van der Waals surface area contributed by atoms with Crippen LogP contribution in [0.15, 0.2) is 90.0 Å². The fourth-order valence-corrected chi connectivity index (χ4v) is 4.35. The number of imidazole rings is 1. The molecule has 2 aromatic carbocycles. The van der Waals surface area contributed by atoms with Crippen LogP contribution in [-0.4, -0.2) is 25.8 Å². The topological polar surface area (TPSA) is 107 Å². The first-order valence-corrected chi connectivity index (χ1v) is 12.7. The van der Waals surface area contributed by atoms with Crippen molar-refractivity contribution in [2.45, 2.75) is 19.8 Å². The van der Waals surface area contributed by atoms with E-state index in [-0.39, 0.29) is 41.2 Å². The zero-order chi connectivity index (χ0) is 27.8. The molecular formula is C30H25ClFN5O4. The summed E-state index contributed by atoms with van der Waals surface area (Å²) in [6.45, 7) is 1.78. The number of halogens is 2. The van der Waals surface area contributed by atoms with Gasteiger partial charge in [0.05, 0.1) is 12.4 Å². The molecule has 208 valence electrons. The van der Waals surface area contributed by atoms with Gasteiger partial charge in [0.15, 0.2) is 17.4 Å². The molecule has 0 bridgehead atoms. The SMILES string of the molecule is Cc1ccc(C(=O)Nc2ccc(Oc3ccc4nc(NC(=O)C5CC5)cn4c3)c(F)c2)c(=O)n1-c1ccccc1.Cl. The van der Waals surface area contributed by atoms with Gasteiger partial charge in [0.1, 0.15) is 17.0 Å². The van der Waals surface area contributed by atoms with E-state index in [2.05, 4.69) is 15.6 Å². The van der Waals surface area contributed by atoms with Gasteiger partial charge >= 0.3 is 0 Å². The second-order valence-electron chi connectivity index (χ2n) is 9.59. The van der Waals surface area contributed by atoms with E-state index in [9.17, 15) is 18.8 Å². The van der Waals surface area contributed by atoms with Gasteiger partial charge in [-0.3, -0.25) is 19.0 Å². The Balaban J connectivity index is 0.00000337. The molecule has 0 aliphatic heterocycles. The highest BCUT2D eigenvalue weighted by atomic mass is 35.5. The van der Waals surface area contributed by atoms with Crippen molar-refractivity contribution < 1.29 is 18.7 Å². The van der Waals surface area contributed by atoms with E-state index in [4.69, 9.17) is 4.74 Å². The molecular weight excluding hydrogens is 549 g/mol. The summed E-state index contributed by atoms with van der Waals surface area (Å²) in [6, 6.07) is 19.5. The molecule has 2 N–H and O–H groups in total. The first-order chi connectivity index (χ1) is 19.4. The number of rotatable bonds is 7. The minimum Gasteiger partial charge on any atom is -0.453 e. The zero-order valence-corrected chi connectivity index (χ0v) is 22.7. The number of pyridine rings is 2. The van der Waals surface area contributed by atoms with Crippen LogP contribution in [0.2, 0.25) is 0 Å². The fraction of sp³-hybridized carbons (Fsp3) is 0.133. The summed E-state index contributed by atoms with van der Waals surface area (Å²) >= 11 is 0. The Bertz CT molecular complexity index is 1830. The second-order valence-corrected chi connectivity index (χ2v) is 9.59. The average molecular weight is 574 g/mol. The Morgan fingerprint density at radius 1 is 0.976 bits per heavy atom. The Labute approximate surface area is 240 Å². The lowest BCUT2D eigenvalue weighted by Crippen LogP contribution is -2.29. The standard InChI is InChI=1S/C30H24FN5O4.ClH/c1-18-7-12-23(30(39)36(18)21-5-3-2-4-6-21)29(38)32-20-10-13-25(24(31)15-20)40-22-11-14-27-33-26(17-35(27)16-22)34-28(37)19-8-9-19;/h2-7,10-17,19H,8-9H2,1H3,(H,32,38)(H,34,37);1H. The Hall–Kier alpha value is -4.96. The van der Waals surface area contributed by atoms with Gasteiger partial charge in [0, 0.05) is 29.1 Å². The van der Waals surface area contributed by atoms with Crippen LogP contribution >= 0.6 is 12.4 Å². The Morgan fingerprint density at radius 2 is 1.76 bits per heavy atom. The van der Waals surface area contributed by atoms with Crippen molar-refractivity contribution in [3.05, 3.63) is 113 Å². The third-order valence-electron chi connectivity index (χ3n) is 6.58. The van der Waals surface area contributed by atoms with Crippen LogP contribution in [0.1, 0.15) is 28.9 Å². The zero-order valence-electron chi connectivity index (χ0n) is 21.8. The summed E-state index contributed by atoms with van der Waals surface area (Å²) in [5.41, 5.74) is 1.53. The molecule has 1 aliphatic carbocycles. The summed E-state index contributed by atoms with van der Waals surface area (Å²) in [5, 5.41) is 5.38. The van der Waals surface area contributed by atoms with Gasteiger partial charge in [-0.25, -0.2) is 9.37 Å². The predicted octanol–water partition coefficient (Wildman–Crippen LogP) is 5.75. The third-order valence-corrected chi connectivity index (χ3v) is 6.58. The van der Waals surface area contributed by atoms with Crippen molar-refractivity contribution in [3.63, 3.8) is 0 Å². The molecule has 3 aromatic heterocycles. The molecule has 5 aromatic rings. The highest BCUT2D eigenvalue weighted by molar-refractivity contribution is 6.04. The number of fused-ring (bicyclic) bond motifs is 1. The summed E-state index contributed by atoms with van der Waals surface area (Å²) in [4.78, 5) is 42.4. The average Bonchev–Trinajstić information content (AvgIpc) is 3.71. The minimum atomic E-state index is -0.702. The van der Waals surface area contributed by atoms with Crippen molar-refractivity contribution in [1.82, 2.24) is 14.0 Å². The molecule has 3 heterocycles. The summed E-state index contributed by atoms with van der Waals surface area (Å²) < 4.78 is 23.8. The molecule has 41 heavy (non-hydrogen) atoms. The first-order valence-electron chi connectivity index (χ1n) is 12.7. The van der Waals surface area contributed by atoms with Crippen LogP contribution in [0.5, 0.6) is 11.5 Å². The number of amides is 2. The highest BCUT2D eigenvalue weighted by Gasteiger charge is 2.30. The maximum atomic E-state index is 14.9. The third kappa shape index (κ3) is 5.82. The largest absolute Gasteiger partial charge is 0.453 e. The molecule has 0 saturated heterocycles. The number of ether oxygens (including phenoxy) is 1. The lowest BCUT2D eigenvalue weighted by molar-refractivity contribution is -0.117. The smallest absolute Gasteiger partial charge is 0.268 e. The molecule has 1 fully saturated rings. The van der Waals surface area contributed by atoms with Crippen molar-refractivity contribution in [3.8, 4) is 17.2 Å². The number of carbonyl (C=O) groups excluding carboxylic acids is 2. The minimum absolute atomic E-state index is 0. The van der Waals surface area contributed by atoms with Gasteiger partial charge < -0.3 is 19.8 Å². The maximum Gasteiger partial charge on any atom is 0.268 e. The summed E-state index contributed by atoms with van der Waals surface area (Å²) in [5.74, 6) is -0.611. The number of para-hydroxylation sites is 1. The normalized spacial score (nSPS) is 12.4. The van der Waals surface area contributed by atoms with Gasteiger partial charge in [0.25, 0.3) is 11.5 Å². The molecule has 0 radical (unpaired) electrons. The van der Waals surface area contributed by atoms with Gasteiger partial charge in [-0.15, -0.1) is 12.4 Å². The number of hydrogen-bond donors (Lipinski definition) is 2. The van der Waals surface area contributed by atoms with E-state index < -0.39 is 17.3 Å². The lowest BCUT2D eigenvalue weighted by Gasteiger charge is -2.13. The van der Waals surface area contributed by atoms with E-state index in [0.717, 1.165) is 18.9 Å². The van der Waals surface area contributed by atoms with Crippen molar-refractivity contribution in [2.75, 3.05) is 10.6 Å². The molecule has 1 saturated carbocycles. The number of aromatic nitrogens is 3. The van der Waals surface area contributed by atoms with Gasteiger partial charge in [-0.05, 0) is 68.3 Å². The number of hydrogen-bond acceptors (Lipinski definition) is 5. The van der Waals surface area contributed by atoms with E-state index in [1.807, 2.05) is 6.07 Å². The molecule has 6 rings (SSSR count). The van der Waals surface area contributed by atoms with Crippen molar-refractivity contribution in [2.24, 2.45) is 5.92 Å². The van der Waals surface area contributed by atoms with Crippen LogP contribution in [0.25, 0.3) is 11.3 Å². The maximum absolute atomic E-state index is 14.9. The molecule has 0 spiro atoms. The number of nitrogens with one attached hydrogen (secondary N) is 2. The predicted molar refractivity (Wildman–Crippen MR) is 155 cm³/mol. The van der Waals surface area contributed by atoms with Crippen LogP contribution in [0.4, 0.5) is 15.9 Å². The Morgan fingerprint density at radius 3 is 2.49 bits per heavy atom. The summed E-state index contributed by atoms with van der Waals surface area (Å²) in [6.07, 6.45) is 5.07. The van der Waals surface area contributed by atoms with Gasteiger partial charge in [0.2, 0.25) is 5.91 Å². The van der Waals surface area contributed by atoms with E-state index in [0.29, 0.717) is 28.6 Å². The van der Waals surface area contributed by atoms with Gasteiger partial charge in [-0.1, -0.05) is 18.2 Å². The Kier molecular flexibility index (Phi) is 7.58. The number of carbonyl (C=O) groups is 2. The van der Waals surface area contributed by atoms with E-state index in [1.165, 1.54) is 22.8 Å². The fourth-order valence-electron chi connectivity index (χ4n) is 4.35. The van der Waals surface area contributed by atoms with E-state index in [1.54, 1.807) is 66.2 Å². The molecule has 0 unspecified atom stereocenters. The molecule has 9 nitrogen and oxygen atoms in total. The molecule has 0 atom stereocenters. The van der Waals surface area contributed by atoms with Crippen molar-refractivity contribution >= 4 is 41.4 Å². The summed E-state index contributed by atoms with van der Waals surface area (Å²) in [7, 11) is 0. The monoisotopic (exact) mass is 573 g/mol. The highest BCUT2D eigenvalue weighted by Crippen LogP contribution is 2.31. The number of anilines is 2. The van der Waals surface area contributed by atoms with Gasteiger partial charge in [-0.2, -0.15) is 0 Å². The molecule has 1 aliphatic rings. The van der Waals surface area contributed by atoms with Crippen LogP contribution in [0.3, 0.4) is 0 Å². The number of nitrogens with zero attached hydrogens (tertiary/aromatic N) is 3. The first kappa shape index (κ1) is 27.6. The van der Waals surface area contributed by atoms with E-state index >= 15 is 0 Å². The second kappa shape index (κ2) is 11.3. The quantitative estimate of drug-likeness (QED) is 0.258. The number of aryl methyl sites for hydroxylation is 1.